The lowest BCUT2D eigenvalue weighted by atomic mass is 10.1. The van der Waals surface area contributed by atoms with Crippen molar-refractivity contribution in [1.29, 1.82) is 0 Å². The number of carbonyl (C=O) groups excluding carboxylic acids is 3. The molecule has 1 saturated heterocycles. The van der Waals surface area contributed by atoms with Crippen molar-refractivity contribution in [3.8, 4) is 5.75 Å². The average Bonchev–Trinajstić information content (AvgIpc) is 3.13. The van der Waals surface area contributed by atoms with Gasteiger partial charge in [-0.25, -0.2) is 0 Å². The Balaban J connectivity index is 1.88. The van der Waals surface area contributed by atoms with E-state index in [1.165, 1.54) is 4.90 Å². The van der Waals surface area contributed by atoms with Crippen molar-refractivity contribution in [1.82, 2.24) is 9.80 Å². The maximum atomic E-state index is 12.5. The number of hydrogen-bond acceptors (Lipinski definition) is 4. The van der Waals surface area contributed by atoms with Crippen LogP contribution in [0.15, 0.2) is 24.3 Å². The highest BCUT2D eigenvalue weighted by Crippen LogP contribution is 2.21. The lowest BCUT2D eigenvalue weighted by Crippen LogP contribution is -2.45. The minimum atomic E-state index is -0.386. The van der Waals surface area contributed by atoms with Crippen molar-refractivity contribution in [3.05, 3.63) is 29.8 Å². The second kappa shape index (κ2) is 9.36. The quantitative estimate of drug-likeness (QED) is 0.668. The molecule has 2 rings (SSSR count). The first-order chi connectivity index (χ1) is 12.4. The van der Waals surface area contributed by atoms with E-state index in [9.17, 15) is 14.4 Å². The number of nitrogens with zero attached hydrogens (tertiary/aromatic N) is 2. The SMILES string of the molecule is CCCOc1ccc(C(=O)CCC(=O)N2CCCC2C(=O)N(C)C)cc1. The van der Waals surface area contributed by atoms with Crippen LogP contribution in [-0.2, 0) is 9.59 Å². The zero-order chi connectivity index (χ0) is 19.1. The summed E-state index contributed by atoms with van der Waals surface area (Å²) < 4.78 is 5.50. The standard InChI is InChI=1S/C20H28N2O4/c1-4-14-26-16-9-7-15(8-10-16)18(23)11-12-19(24)22-13-5-6-17(22)20(25)21(2)3/h7-10,17H,4-6,11-14H2,1-3H3. The van der Waals surface area contributed by atoms with Crippen molar-refractivity contribution >= 4 is 17.6 Å². The number of Topliss-reactive ketones (excluding diaryl/α,β-unsaturated/α-hetero) is 1. The zero-order valence-electron chi connectivity index (χ0n) is 15.9. The van der Waals surface area contributed by atoms with Crippen molar-refractivity contribution in [2.45, 2.75) is 45.1 Å². The molecule has 0 spiro atoms. The number of likely N-dealkylation sites (N-methyl/N-ethyl adjacent to an activating group) is 1. The second-order valence-electron chi connectivity index (χ2n) is 6.77. The fourth-order valence-electron chi connectivity index (χ4n) is 3.09. The van der Waals surface area contributed by atoms with Crippen LogP contribution in [0.25, 0.3) is 0 Å². The number of ether oxygens (including phenoxy) is 1. The Labute approximate surface area is 155 Å². The second-order valence-corrected chi connectivity index (χ2v) is 6.77. The summed E-state index contributed by atoms with van der Waals surface area (Å²) in [6, 6.07) is 6.62. The highest BCUT2D eigenvalue weighted by molar-refractivity contribution is 5.98. The Morgan fingerprint density at radius 3 is 2.46 bits per heavy atom. The third-order valence-corrected chi connectivity index (χ3v) is 4.51. The van der Waals surface area contributed by atoms with E-state index < -0.39 is 0 Å². The van der Waals surface area contributed by atoms with Crippen LogP contribution in [0.2, 0.25) is 0 Å². The molecule has 1 aliphatic rings. The molecular weight excluding hydrogens is 332 g/mol. The van der Waals surface area contributed by atoms with Crippen LogP contribution in [0.1, 0.15) is 49.4 Å². The van der Waals surface area contributed by atoms with E-state index in [0.717, 1.165) is 18.6 Å². The minimum Gasteiger partial charge on any atom is -0.494 e. The summed E-state index contributed by atoms with van der Waals surface area (Å²) in [5, 5.41) is 0. The van der Waals surface area contributed by atoms with E-state index in [1.54, 1.807) is 43.3 Å². The van der Waals surface area contributed by atoms with Gasteiger partial charge in [-0.05, 0) is 43.5 Å². The summed E-state index contributed by atoms with van der Waals surface area (Å²) >= 11 is 0. The molecule has 1 aliphatic heterocycles. The summed E-state index contributed by atoms with van der Waals surface area (Å²) in [5.41, 5.74) is 0.573. The summed E-state index contributed by atoms with van der Waals surface area (Å²) in [4.78, 5) is 40.1. The van der Waals surface area contributed by atoms with E-state index in [0.29, 0.717) is 25.1 Å². The van der Waals surface area contributed by atoms with E-state index in [1.807, 2.05) is 6.92 Å². The number of benzene rings is 1. The number of likely N-dealkylation sites (tertiary alicyclic amines) is 1. The zero-order valence-corrected chi connectivity index (χ0v) is 15.9. The Morgan fingerprint density at radius 1 is 1.15 bits per heavy atom. The molecule has 1 aromatic rings. The molecule has 142 valence electrons. The van der Waals surface area contributed by atoms with Crippen LogP contribution >= 0.6 is 0 Å². The van der Waals surface area contributed by atoms with Crippen molar-refractivity contribution in [3.63, 3.8) is 0 Å². The van der Waals surface area contributed by atoms with Gasteiger partial charge in [0.25, 0.3) is 0 Å². The first-order valence-corrected chi connectivity index (χ1v) is 9.20. The van der Waals surface area contributed by atoms with Crippen molar-refractivity contribution in [2.75, 3.05) is 27.2 Å². The number of carbonyl (C=O) groups is 3. The van der Waals surface area contributed by atoms with Gasteiger partial charge in [-0.15, -0.1) is 0 Å². The third kappa shape index (κ3) is 5.07. The van der Waals surface area contributed by atoms with Crippen molar-refractivity contribution < 1.29 is 19.1 Å². The van der Waals surface area contributed by atoms with Gasteiger partial charge in [-0.1, -0.05) is 6.92 Å². The highest BCUT2D eigenvalue weighted by Gasteiger charge is 2.34. The summed E-state index contributed by atoms with van der Waals surface area (Å²) in [7, 11) is 3.39. The summed E-state index contributed by atoms with van der Waals surface area (Å²) in [6.07, 6.45) is 2.72. The van der Waals surface area contributed by atoms with Gasteiger partial charge in [-0.2, -0.15) is 0 Å². The molecule has 0 aliphatic carbocycles. The van der Waals surface area contributed by atoms with Crippen LogP contribution in [0, 0.1) is 0 Å². The highest BCUT2D eigenvalue weighted by atomic mass is 16.5. The molecule has 1 heterocycles. The van der Waals surface area contributed by atoms with Gasteiger partial charge < -0.3 is 14.5 Å². The smallest absolute Gasteiger partial charge is 0.244 e. The van der Waals surface area contributed by atoms with Gasteiger partial charge in [0.1, 0.15) is 11.8 Å². The van der Waals surface area contributed by atoms with Gasteiger partial charge >= 0.3 is 0 Å². The molecule has 1 aromatic carbocycles. The Bertz CT molecular complexity index is 640. The number of rotatable bonds is 8. The fraction of sp³-hybridized carbons (Fsp3) is 0.550. The molecule has 1 fully saturated rings. The molecule has 0 aromatic heterocycles. The van der Waals surface area contributed by atoms with Gasteiger partial charge in [0.2, 0.25) is 11.8 Å². The van der Waals surface area contributed by atoms with Gasteiger partial charge in [-0.3, -0.25) is 14.4 Å². The Kier molecular flexibility index (Phi) is 7.18. The number of ketones is 1. The molecule has 2 amide bonds. The minimum absolute atomic E-state index is 0.0511. The van der Waals surface area contributed by atoms with Crippen LogP contribution < -0.4 is 4.74 Å². The maximum Gasteiger partial charge on any atom is 0.244 e. The van der Waals surface area contributed by atoms with Crippen LogP contribution in [0.4, 0.5) is 0 Å². The normalized spacial score (nSPS) is 16.4. The Hall–Kier alpha value is -2.37. The summed E-state index contributed by atoms with van der Waals surface area (Å²) in [6.45, 7) is 3.26. The molecule has 0 bridgehead atoms. The van der Waals surface area contributed by atoms with E-state index >= 15 is 0 Å². The molecule has 1 atom stereocenters. The fourth-order valence-corrected chi connectivity index (χ4v) is 3.09. The predicted molar refractivity (Wildman–Crippen MR) is 99.2 cm³/mol. The van der Waals surface area contributed by atoms with Crippen LogP contribution in [-0.4, -0.2) is 60.7 Å². The van der Waals surface area contributed by atoms with E-state index in [2.05, 4.69) is 0 Å². The molecular formula is C20H28N2O4. The molecule has 6 nitrogen and oxygen atoms in total. The monoisotopic (exact) mass is 360 g/mol. The third-order valence-electron chi connectivity index (χ3n) is 4.51. The lowest BCUT2D eigenvalue weighted by molar-refractivity contribution is -0.142. The topological polar surface area (TPSA) is 66.9 Å². The van der Waals surface area contributed by atoms with E-state index in [4.69, 9.17) is 4.74 Å². The number of hydrogen-bond donors (Lipinski definition) is 0. The van der Waals surface area contributed by atoms with E-state index in [-0.39, 0.29) is 36.5 Å². The van der Waals surface area contributed by atoms with Gasteiger partial charge in [0.05, 0.1) is 6.61 Å². The molecule has 6 heteroatoms. The first kappa shape index (κ1) is 19.9. The van der Waals surface area contributed by atoms with Crippen LogP contribution in [0.5, 0.6) is 5.75 Å². The number of amides is 2. The Morgan fingerprint density at radius 2 is 1.85 bits per heavy atom. The molecule has 0 saturated carbocycles. The molecule has 1 unspecified atom stereocenters. The maximum absolute atomic E-state index is 12.5. The van der Waals surface area contributed by atoms with Gasteiger partial charge in [0, 0.05) is 39.0 Å². The lowest BCUT2D eigenvalue weighted by Gasteiger charge is -2.26. The van der Waals surface area contributed by atoms with Crippen molar-refractivity contribution in [2.24, 2.45) is 0 Å². The first-order valence-electron chi connectivity index (χ1n) is 9.20. The largest absolute Gasteiger partial charge is 0.494 e. The molecule has 26 heavy (non-hydrogen) atoms. The van der Waals surface area contributed by atoms with Crippen LogP contribution in [0.3, 0.4) is 0 Å². The average molecular weight is 360 g/mol. The van der Waals surface area contributed by atoms with Gasteiger partial charge in [0.15, 0.2) is 5.78 Å². The molecule has 0 N–H and O–H groups in total. The predicted octanol–water partition coefficient (Wildman–Crippen LogP) is 2.52. The molecule has 0 radical (unpaired) electrons. The summed E-state index contributed by atoms with van der Waals surface area (Å²) in [5.74, 6) is 0.487.